The Hall–Kier alpha value is -4.23. The average Bonchev–Trinajstić information content (AvgIpc) is 3.36. The van der Waals surface area contributed by atoms with Crippen LogP contribution in [0.1, 0.15) is 70.8 Å². The van der Waals surface area contributed by atoms with Crippen LogP contribution in [0.3, 0.4) is 0 Å². The third kappa shape index (κ3) is 15.9. The zero-order chi connectivity index (χ0) is 32.4. The fourth-order valence-corrected chi connectivity index (χ4v) is 4.26. The number of benzene rings is 1. The van der Waals surface area contributed by atoms with Crippen molar-refractivity contribution in [2.75, 3.05) is 26.3 Å². The first kappa shape index (κ1) is 37.0. The Morgan fingerprint density at radius 2 is 1.27 bits per heavy atom. The smallest absolute Gasteiger partial charge is 0.286 e. The quantitative estimate of drug-likeness (QED) is 0.107. The van der Waals surface area contributed by atoms with E-state index in [-0.39, 0.29) is 30.6 Å². The summed E-state index contributed by atoms with van der Waals surface area (Å²) in [4.78, 5) is 36.9. The van der Waals surface area contributed by atoms with Gasteiger partial charge in [0, 0.05) is 31.1 Å². The Bertz CT molecular complexity index is 1240. The molecule has 1 aromatic carbocycles. The summed E-state index contributed by atoms with van der Waals surface area (Å²) in [5.74, 6) is -0.769. The number of allylic oxidation sites excluding steroid dienone is 12. The molecule has 0 aromatic heterocycles. The summed E-state index contributed by atoms with van der Waals surface area (Å²) in [7, 11) is 0. The summed E-state index contributed by atoms with van der Waals surface area (Å²) < 4.78 is 11.2. The molecule has 242 valence electrons. The van der Waals surface area contributed by atoms with Crippen molar-refractivity contribution in [3.05, 3.63) is 121 Å². The molecule has 0 radical (unpaired) electrons. The molecule has 0 saturated carbocycles. The minimum Gasteiger partial charge on any atom is -0.469 e. The fraction of sp³-hybridized carbons (Fsp3) is 0.395. The van der Waals surface area contributed by atoms with Gasteiger partial charge in [0.1, 0.15) is 0 Å². The standard InChI is InChI=1S/C38H50N2O5/c1-3-4-5-6-7-8-9-10-11-12-13-14-15-16-17-18-19-20-24-27-36(42)39-28-30-44-31-29-40-37(43)34-32-35(41)38(2,45-34)33-25-22-21-23-26-33/h4-5,7-8,10-11,13-14,16-17,19-23,25-26,32H,3,6,9,12,15,18,24,27-31H2,1-2H3,(H,39,42)(H,40,43). The summed E-state index contributed by atoms with van der Waals surface area (Å²) in [6.45, 7) is 5.07. The van der Waals surface area contributed by atoms with E-state index in [1.165, 1.54) is 6.08 Å². The van der Waals surface area contributed by atoms with E-state index in [1.54, 1.807) is 19.1 Å². The molecule has 2 rings (SSSR count). The van der Waals surface area contributed by atoms with Crippen LogP contribution in [0, 0.1) is 0 Å². The molecule has 1 aliphatic heterocycles. The monoisotopic (exact) mass is 614 g/mol. The van der Waals surface area contributed by atoms with Crippen molar-refractivity contribution in [1.82, 2.24) is 10.6 Å². The SMILES string of the molecule is CCC=CCC=CCC=CCC=CCC=CCC=CCCC(=O)NCCOCCNC(=O)C1=CC(=O)C(C)(c2ccccc2)O1. The highest BCUT2D eigenvalue weighted by Crippen LogP contribution is 2.34. The molecule has 7 heteroatoms. The normalized spacial score (nSPS) is 17.0. The van der Waals surface area contributed by atoms with Crippen molar-refractivity contribution in [1.29, 1.82) is 0 Å². The highest BCUT2D eigenvalue weighted by atomic mass is 16.5. The van der Waals surface area contributed by atoms with E-state index >= 15 is 0 Å². The van der Waals surface area contributed by atoms with Gasteiger partial charge in [-0.1, -0.05) is 110 Å². The minimum atomic E-state index is -1.20. The molecule has 1 heterocycles. The van der Waals surface area contributed by atoms with Gasteiger partial charge < -0.3 is 20.1 Å². The highest BCUT2D eigenvalue weighted by molar-refractivity contribution is 6.07. The molecule has 0 spiro atoms. The van der Waals surface area contributed by atoms with Gasteiger partial charge in [-0.15, -0.1) is 0 Å². The second kappa shape index (κ2) is 23.2. The van der Waals surface area contributed by atoms with Crippen LogP contribution in [0.15, 0.2) is 115 Å². The van der Waals surface area contributed by atoms with Gasteiger partial charge in [-0.3, -0.25) is 14.4 Å². The molecule has 7 nitrogen and oxygen atoms in total. The van der Waals surface area contributed by atoms with Crippen molar-refractivity contribution in [3.8, 4) is 0 Å². The average molecular weight is 615 g/mol. The van der Waals surface area contributed by atoms with Gasteiger partial charge in [0.05, 0.1) is 13.2 Å². The first-order chi connectivity index (χ1) is 22.0. The van der Waals surface area contributed by atoms with E-state index in [9.17, 15) is 14.4 Å². The van der Waals surface area contributed by atoms with Gasteiger partial charge in [-0.05, 0) is 51.9 Å². The van der Waals surface area contributed by atoms with Crippen molar-refractivity contribution < 1.29 is 23.9 Å². The van der Waals surface area contributed by atoms with E-state index in [0.717, 1.165) is 38.5 Å². The number of ether oxygens (including phenoxy) is 2. The van der Waals surface area contributed by atoms with Gasteiger partial charge in [0.2, 0.25) is 11.7 Å². The fourth-order valence-electron chi connectivity index (χ4n) is 4.26. The first-order valence-corrected chi connectivity index (χ1v) is 16.0. The zero-order valence-corrected chi connectivity index (χ0v) is 26.9. The number of amides is 2. The Labute approximate surface area is 269 Å². The summed E-state index contributed by atoms with van der Waals surface area (Å²) in [6.07, 6.45) is 34.1. The van der Waals surface area contributed by atoms with Crippen LogP contribution in [0.25, 0.3) is 0 Å². The summed E-state index contributed by atoms with van der Waals surface area (Å²) in [5.41, 5.74) is -0.508. The van der Waals surface area contributed by atoms with Gasteiger partial charge in [-0.25, -0.2) is 0 Å². The molecule has 2 N–H and O–H groups in total. The molecular weight excluding hydrogens is 564 g/mol. The zero-order valence-electron chi connectivity index (χ0n) is 26.9. The molecule has 0 saturated heterocycles. The predicted octanol–water partition coefficient (Wildman–Crippen LogP) is 7.11. The predicted molar refractivity (Wildman–Crippen MR) is 182 cm³/mol. The van der Waals surface area contributed by atoms with Crippen molar-refractivity contribution in [3.63, 3.8) is 0 Å². The highest BCUT2D eigenvalue weighted by Gasteiger charge is 2.43. The van der Waals surface area contributed by atoms with Crippen LogP contribution in [0.4, 0.5) is 0 Å². The number of ketones is 1. The second-order valence-corrected chi connectivity index (χ2v) is 10.5. The molecule has 2 amide bonds. The van der Waals surface area contributed by atoms with E-state index < -0.39 is 11.5 Å². The van der Waals surface area contributed by atoms with E-state index in [2.05, 4.69) is 84.4 Å². The Morgan fingerprint density at radius 1 is 0.756 bits per heavy atom. The van der Waals surface area contributed by atoms with E-state index in [0.29, 0.717) is 31.6 Å². The Balaban J connectivity index is 1.42. The lowest BCUT2D eigenvalue weighted by Crippen LogP contribution is -2.33. The number of carbonyl (C=O) groups excluding carboxylic acids is 3. The maximum atomic E-state index is 12.5. The number of hydrogen-bond donors (Lipinski definition) is 2. The number of nitrogens with one attached hydrogen (secondary N) is 2. The molecule has 1 aromatic rings. The maximum Gasteiger partial charge on any atom is 0.286 e. The summed E-state index contributed by atoms with van der Waals surface area (Å²) in [6, 6.07) is 9.09. The van der Waals surface area contributed by atoms with Crippen LogP contribution in [0.5, 0.6) is 0 Å². The Morgan fingerprint density at radius 3 is 1.82 bits per heavy atom. The van der Waals surface area contributed by atoms with Crippen LogP contribution in [-0.2, 0) is 29.5 Å². The number of hydrogen-bond acceptors (Lipinski definition) is 5. The van der Waals surface area contributed by atoms with Crippen LogP contribution in [0.2, 0.25) is 0 Å². The molecule has 0 fully saturated rings. The third-order valence-electron chi connectivity index (χ3n) is 6.83. The van der Waals surface area contributed by atoms with Gasteiger partial charge >= 0.3 is 0 Å². The van der Waals surface area contributed by atoms with Crippen LogP contribution < -0.4 is 10.6 Å². The molecule has 0 bridgehead atoms. The van der Waals surface area contributed by atoms with Gasteiger partial charge in [0.15, 0.2) is 11.4 Å². The molecular formula is C38H50N2O5. The van der Waals surface area contributed by atoms with Gasteiger partial charge in [-0.2, -0.15) is 0 Å². The molecule has 1 atom stereocenters. The van der Waals surface area contributed by atoms with Gasteiger partial charge in [0.25, 0.3) is 5.91 Å². The largest absolute Gasteiger partial charge is 0.469 e. The molecule has 1 unspecified atom stereocenters. The Kier molecular flexibility index (Phi) is 19.0. The van der Waals surface area contributed by atoms with Crippen molar-refractivity contribution in [2.24, 2.45) is 0 Å². The third-order valence-corrected chi connectivity index (χ3v) is 6.83. The van der Waals surface area contributed by atoms with Crippen molar-refractivity contribution >= 4 is 17.6 Å². The maximum absolute atomic E-state index is 12.5. The van der Waals surface area contributed by atoms with Crippen LogP contribution in [-0.4, -0.2) is 43.9 Å². The summed E-state index contributed by atoms with van der Waals surface area (Å²) >= 11 is 0. The first-order valence-electron chi connectivity index (χ1n) is 16.0. The molecule has 0 aliphatic carbocycles. The van der Waals surface area contributed by atoms with E-state index in [4.69, 9.17) is 9.47 Å². The molecule has 45 heavy (non-hydrogen) atoms. The lowest BCUT2D eigenvalue weighted by atomic mass is 9.92. The topological polar surface area (TPSA) is 93.7 Å². The lowest BCUT2D eigenvalue weighted by molar-refractivity contribution is -0.132. The number of rotatable bonds is 22. The second-order valence-electron chi connectivity index (χ2n) is 10.5. The summed E-state index contributed by atoms with van der Waals surface area (Å²) in [5, 5.41) is 5.52. The number of carbonyl (C=O) groups is 3. The van der Waals surface area contributed by atoms with E-state index in [1.807, 2.05) is 24.3 Å². The minimum absolute atomic E-state index is 0.00877. The lowest BCUT2D eigenvalue weighted by Gasteiger charge is -2.23. The molecule has 1 aliphatic rings. The van der Waals surface area contributed by atoms with Crippen LogP contribution >= 0.6 is 0 Å². The van der Waals surface area contributed by atoms with Crippen molar-refractivity contribution in [2.45, 2.75) is 70.8 Å².